The van der Waals surface area contributed by atoms with Crippen LogP contribution in [0.1, 0.15) is 39.0 Å². The Labute approximate surface area is 152 Å². The van der Waals surface area contributed by atoms with Gasteiger partial charge in [0.25, 0.3) is 0 Å². The van der Waals surface area contributed by atoms with Crippen LogP contribution in [-0.4, -0.2) is 29.8 Å². The quantitative estimate of drug-likeness (QED) is 0.741. The maximum absolute atomic E-state index is 12.2. The van der Waals surface area contributed by atoms with Crippen LogP contribution in [0.25, 0.3) is 0 Å². The SMILES string of the molecule is CC(=O)N(CCC1=CCCCC1)CC(=O)Nc1c(Cl)cccc1Cl. The highest BCUT2D eigenvalue weighted by molar-refractivity contribution is 6.39. The molecule has 24 heavy (non-hydrogen) atoms. The molecule has 0 aliphatic heterocycles. The summed E-state index contributed by atoms with van der Waals surface area (Å²) in [7, 11) is 0. The van der Waals surface area contributed by atoms with Gasteiger partial charge in [-0.05, 0) is 44.2 Å². The van der Waals surface area contributed by atoms with Crippen LogP contribution in [0.5, 0.6) is 0 Å². The fourth-order valence-corrected chi connectivity index (χ4v) is 3.22. The molecule has 1 aliphatic carbocycles. The number of carbonyl (C=O) groups is 2. The number of nitrogens with one attached hydrogen (secondary N) is 1. The normalized spacial score (nSPS) is 14.0. The molecule has 0 heterocycles. The third kappa shape index (κ3) is 5.53. The van der Waals surface area contributed by atoms with Crippen LogP contribution < -0.4 is 5.32 Å². The second-order valence-electron chi connectivity index (χ2n) is 5.94. The summed E-state index contributed by atoms with van der Waals surface area (Å²) in [4.78, 5) is 25.6. The van der Waals surface area contributed by atoms with Crippen LogP contribution in [0.15, 0.2) is 29.8 Å². The number of rotatable bonds is 6. The summed E-state index contributed by atoms with van der Waals surface area (Å²) in [5.74, 6) is -0.426. The molecule has 0 saturated carbocycles. The van der Waals surface area contributed by atoms with Crippen molar-refractivity contribution in [2.45, 2.75) is 39.0 Å². The highest BCUT2D eigenvalue weighted by Crippen LogP contribution is 2.29. The zero-order valence-electron chi connectivity index (χ0n) is 13.8. The van der Waals surface area contributed by atoms with Crippen LogP contribution in [0.2, 0.25) is 10.0 Å². The van der Waals surface area contributed by atoms with Crippen molar-refractivity contribution in [2.75, 3.05) is 18.4 Å². The van der Waals surface area contributed by atoms with E-state index in [0.717, 1.165) is 19.3 Å². The van der Waals surface area contributed by atoms with Gasteiger partial charge in [-0.2, -0.15) is 0 Å². The Hall–Kier alpha value is -1.52. The summed E-state index contributed by atoms with van der Waals surface area (Å²) < 4.78 is 0. The number of anilines is 1. The molecule has 6 heteroatoms. The average molecular weight is 369 g/mol. The lowest BCUT2D eigenvalue weighted by molar-refractivity contribution is -0.132. The van der Waals surface area contributed by atoms with Crippen molar-refractivity contribution in [3.8, 4) is 0 Å². The zero-order chi connectivity index (χ0) is 17.5. The lowest BCUT2D eigenvalue weighted by Gasteiger charge is -2.22. The summed E-state index contributed by atoms with van der Waals surface area (Å²) in [6, 6.07) is 5.02. The number of amides is 2. The molecule has 0 bridgehead atoms. The van der Waals surface area contributed by atoms with Crippen LogP contribution in [0.4, 0.5) is 5.69 Å². The van der Waals surface area contributed by atoms with Crippen molar-refractivity contribution < 1.29 is 9.59 Å². The molecule has 0 radical (unpaired) electrons. The molecule has 2 amide bonds. The van der Waals surface area contributed by atoms with E-state index >= 15 is 0 Å². The molecular formula is C18H22Cl2N2O2. The fourth-order valence-electron chi connectivity index (χ4n) is 2.73. The standard InChI is InChI=1S/C18H22Cl2N2O2/c1-13(23)22(11-10-14-6-3-2-4-7-14)12-17(24)21-18-15(19)8-5-9-16(18)20/h5-6,8-9H,2-4,7,10-12H2,1H3,(H,21,24). The van der Waals surface area contributed by atoms with E-state index in [0.29, 0.717) is 22.3 Å². The Morgan fingerprint density at radius 3 is 2.50 bits per heavy atom. The minimum Gasteiger partial charge on any atom is -0.333 e. The van der Waals surface area contributed by atoms with Gasteiger partial charge in [0, 0.05) is 13.5 Å². The molecule has 0 fully saturated rings. The predicted octanol–water partition coefficient (Wildman–Crippen LogP) is 4.67. The largest absolute Gasteiger partial charge is 0.333 e. The molecule has 1 aromatic carbocycles. The van der Waals surface area contributed by atoms with Gasteiger partial charge < -0.3 is 10.2 Å². The Morgan fingerprint density at radius 2 is 1.92 bits per heavy atom. The first-order valence-electron chi connectivity index (χ1n) is 8.14. The van der Waals surface area contributed by atoms with Gasteiger partial charge in [0.15, 0.2) is 0 Å². The molecule has 1 N–H and O–H groups in total. The first-order chi connectivity index (χ1) is 11.5. The highest BCUT2D eigenvalue weighted by Gasteiger charge is 2.16. The van der Waals surface area contributed by atoms with Gasteiger partial charge in [0.1, 0.15) is 0 Å². The third-order valence-electron chi connectivity index (χ3n) is 4.09. The number of para-hydroxylation sites is 1. The van der Waals surface area contributed by atoms with Gasteiger partial charge in [-0.1, -0.05) is 40.9 Å². The Kier molecular flexibility index (Phi) is 7.13. The summed E-state index contributed by atoms with van der Waals surface area (Å²) in [5, 5.41) is 3.44. The van der Waals surface area contributed by atoms with Gasteiger partial charge in [-0.3, -0.25) is 9.59 Å². The van der Waals surface area contributed by atoms with Gasteiger partial charge >= 0.3 is 0 Å². The first kappa shape index (κ1) is 18.8. The topological polar surface area (TPSA) is 49.4 Å². The van der Waals surface area contributed by atoms with E-state index in [1.54, 1.807) is 23.1 Å². The second-order valence-corrected chi connectivity index (χ2v) is 6.76. The molecule has 0 spiro atoms. The van der Waals surface area contributed by atoms with Gasteiger partial charge in [-0.25, -0.2) is 0 Å². The van der Waals surface area contributed by atoms with Crippen molar-refractivity contribution in [3.63, 3.8) is 0 Å². The fraction of sp³-hybridized carbons (Fsp3) is 0.444. The number of benzene rings is 1. The van der Waals surface area contributed by atoms with E-state index in [9.17, 15) is 9.59 Å². The molecule has 130 valence electrons. The maximum Gasteiger partial charge on any atom is 0.244 e. The summed E-state index contributed by atoms with van der Waals surface area (Å²) >= 11 is 12.1. The highest BCUT2D eigenvalue weighted by atomic mass is 35.5. The summed E-state index contributed by atoms with van der Waals surface area (Å²) in [5.41, 5.74) is 1.76. The lowest BCUT2D eigenvalue weighted by atomic mass is 9.97. The van der Waals surface area contributed by atoms with Crippen molar-refractivity contribution >= 4 is 40.7 Å². The maximum atomic E-state index is 12.2. The average Bonchev–Trinajstić information content (AvgIpc) is 2.55. The van der Waals surface area contributed by atoms with E-state index in [1.807, 2.05) is 0 Å². The first-order valence-corrected chi connectivity index (χ1v) is 8.90. The van der Waals surface area contributed by atoms with Crippen LogP contribution in [0, 0.1) is 0 Å². The van der Waals surface area contributed by atoms with Crippen LogP contribution >= 0.6 is 23.2 Å². The molecule has 0 aromatic heterocycles. The van der Waals surface area contributed by atoms with Crippen molar-refractivity contribution in [3.05, 3.63) is 39.9 Å². The number of halogens is 2. The molecule has 4 nitrogen and oxygen atoms in total. The molecule has 0 unspecified atom stereocenters. The van der Waals surface area contributed by atoms with E-state index in [1.165, 1.54) is 25.3 Å². The number of hydrogen-bond acceptors (Lipinski definition) is 2. The molecule has 1 aromatic rings. The smallest absolute Gasteiger partial charge is 0.244 e. The summed E-state index contributed by atoms with van der Waals surface area (Å²) in [6.45, 7) is 2.01. The van der Waals surface area contributed by atoms with E-state index < -0.39 is 0 Å². The van der Waals surface area contributed by atoms with E-state index in [-0.39, 0.29) is 18.4 Å². The van der Waals surface area contributed by atoms with Crippen molar-refractivity contribution in [1.29, 1.82) is 0 Å². The summed E-state index contributed by atoms with van der Waals surface area (Å²) in [6.07, 6.45) is 7.72. The van der Waals surface area contributed by atoms with Crippen molar-refractivity contribution in [1.82, 2.24) is 4.90 Å². The monoisotopic (exact) mass is 368 g/mol. The molecule has 2 rings (SSSR count). The number of nitrogens with zero attached hydrogens (tertiary/aromatic N) is 1. The number of hydrogen-bond donors (Lipinski definition) is 1. The van der Waals surface area contributed by atoms with Gasteiger partial charge in [-0.15, -0.1) is 0 Å². The van der Waals surface area contributed by atoms with Crippen LogP contribution in [0.3, 0.4) is 0 Å². The predicted molar refractivity (Wildman–Crippen MR) is 98.5 cm³/mol. The molecular weight excluding hydrogens is 347 g/mol. The van der Waals surface area contributed by atoms with Gasteiger partial charge in [0.05, 0.1) is 22.3 Å². The van der Waals surface area contributed by atoms with E-state index in [4.69, 9.17) is 23.2 Å². The minimum absolute atomic E-state index is 0.00976. The zero-order valence-corrected chi connectivity index (χ0v) is 15.3. The van der Waals surface area contributed by atoms with Crippen molar-refractivity contribution in [2.24, 2.45) is 0 Å². The number of allylic oxidation sites excluding steroid dienone is 1. The minimum atomic E-state index is -0.308. The van der Waals surface area contributed by atoms with Gasteiger partial charge in [0.2, 0.25) is 11.8 Å². The molecule has 0 saturated heterocycles. The second kappa shape index (κ2) is 9.09. The number of carbonyl (C=O) groups excluding carboxylic acids is 2. The molecule has 0 atom stereocenters. The Bertz CT molecular complexity index is 624. The lowest BCUT2D eigenvalue weighted by Crippen LogP contribution is -2.37. The third-order valence-corrected chi connectivity index (χ3v) is 4.72. The molecule has 1 aliphatic rings. The van der Waals surface area contributed by atoms with Crippen LogP contribution in [-0.2, 0) is 9.59 Å². The Morgan fingerprint density at radius 1 is 1.21 bits per heavy atom. The Balaban J connectivity index is 1.93. The van der Waals surface area contributed by atoms with E-state index in [2.05, 4.69) is 11.4 Å².